The van der Waals surface area contributed by atoms with E-state index in [4.69, 9.17) is 0 Å². The van der Waals surface area contributed by atoms with Gasteiger partial charge in [0, 0.05) is 14.6 Å². The highest BCUT2D eigenvalue weighted by molar-refractivity contribution is 14.1. The number of amides is 1. The SMILES string of the molecule is CN(C)CCCCNC(=O)c1cc(I)ccc1Br. The van der Waals surface area contributed by atoms with Gasteiger partial charge in [-0.3, -0.25) is 4.79 Å². The Morgan fingerprint density at radius 2 is 2.11 bits per heavy atom. The van der Waals surface area contributed by atoms with Crippen molar-refractivity contribution in [2.45, 2.75) is 12.8 Å². The fraction of sp³-hybridized carbons (Fsp3) is 0.462. The lowest BCUT2D eigenvalue weighted by atomic mass is 10.2. The van der Waals surface area contributed by atoms with Crippen molar-refractivity contribution in [2.75, 3.05) is 27.2 Å². The lowest BCUT2D eigenvalue weighted by Gasteiger charge is -2.10. The smallest absolute Gasteiger partial charge is 0.252 e. The van der Waals surface area contributed by atoms with Gasteiger partial charge in [-0.25, -0.2) is 0 Å². The molecule has 0 unspecified atom stereocenters. The molecule has 0 aliphatic heterocycles. The normalized spacial score (nSPS) is 10.7. The van der Waals surface area contributed by atoms with Gasteiger partial charge in [0.15, 0.2) is 0 Å². The van der Waals surface area contributed by atoms with E-state index in [1.807, 2.05) is 18.2 Å². The molecule has 0 bridgehead atoms. The van der Waals surface area contributed by atoms with Crippen LogP contribution in [-0.4, -0.2) is 38.0 Å². The van der Waals surface area contributed by atoms with Crippen LogP contribution in [0.1, 0.15) is 23.2 Å². The number of unbranched alkanes of at least 4 members (excludes halogenated alkanes) is 1. The summed E-state index contributed by atoms with van der Waals surface area (Å²) < 4.78 is 1.90. The highest BCUT2D eigenvalue weighted by Crippen LogP contribution is 2.19. The van der Waals surface area contributed by atoms with Crippen LogP contribution in [0.25, 0.3) is 0 Å². The van der Waals surface area contributed by atoms with E-state index in [0.717, 1.165) is 34.0 Å². The summed E-state index contributed by atoms with van der Waals surface area (Å²) in [6.07, 6.45) is 2.10. The molecule has 0 radical (unpaired) electrons. The van der Waals surface area contributed by atoms with E-state index >= 15 is 0 Å². The summed E-state index contributed by atoms with van der Waals surface area (Å²) >= 11 is 5.61. The Hall–Kier alpha value is -0.140. The van der Waals surface area contributed by atoms with Crippen molar-refractivity contribution in [3.63, 3.8) is 0 Å². The van der Waals surface area contributed by atoms with Crippen LogP contribution in [0.15, 0.2) is 22.7 Å². The van der Waals surface area contributed by atoms with Gasteiger partial charge in [0.2, 0.25) is 0 Å². The monoisotopic (exact) mass is 424 g/mol. The molecule has 0 heterocycles. The molecule has 18 heavy (non-hydrogen) atoms. The van der Waals surface area contributed by atoms with Crippen molar-refractivity contribution in [3.05, 3.63) is 31.8 Å². The van der Waals surface area contributed by atoms with E-state index in [9.17, 15) is 4.79 Å². The van der Waals surface area contributed by atoms with Crippen LogP contribution < -0.4 is 5.32 Å². The molecule has 100 valence electrons. The number of benzene rings is 1. The number of carbonyl (C=O) groups is 1. The van der Waals surface area contributed by atoms with E-state index in [1.165, 1.54) is 0 Å². The molecule has 0 saturated carbocycles. The number of halogens is 2. The zero-order valence-electron chi connectivity index (χ0n) is 10.7. The third-order valence-corrected chi connectivity index (χ3v) is 3.85. The number of carbonyl (C=O) groups excluding carboxylic acids is 1. The Kier molecular flexibility index (Phi) is 7.18. The van der Waals surface area contributed by atoms with Gasteiger partial charge in [-0.2, -0.15) is 0 Å². The van der Waals surface area contributed by atoms with Gasteiger partial charge in [-0.05, 0) is 90.2 Å². The first-order chi connectivity index (χ1) is 8.50. The molecule has 1 rings (SSSR count). The van der Waals surface area contributed by atoms with E-state index in [2.05, 4.69) is 62.8 Å². The molecule has 0 atom stereocenters. The molecule has 1 aromatic carbocycles. The van der Waals surface area contributed by atoms with E-state index in [-0.39, 0.29) is 5.91 Å². The molecule has 0 aromatic heterocycles. The Balaban J connectivity index is 2.39. The molecule has 0 spiro atoms. The van der Waals surface area contributed by atoms with Gasteiger partial charge in [-0.15, -0.1) is 0 Å². The fourth-order valence-electron chi connectivity index (χ4n) is 1.52. The maximum absolute atomic E-state index is 12.0. The molecule has 0 saturated heterocycles. The number of hydrogen-bond acceptors (Lipinski definition) is 2. The van der Waals surface area contributed by atoms with Crippen molar-refractivity contribution >= 4 is 44.4 Å². The van der Waals surface area contributed by atoms with Gasteiger partial charge in [0.25, 0.3) is 5.91 Å². The van der Waals surface area contributed by atoms with Crippen LogP contribution >= 0.6 is 38.5 Å². The van der Waals surface area contributed by atoms with Gasteiger partial charge < -0.3 is 10.2 Å². The van der Waals surface area contributed by atoms with Crippen LogP contribution in [0, 0.1) is 3.57 Å². The molecule has 1 aromatic rings. The Labute approximate surface area is 131 Å². The largest absolute Gasteiger partial charge is 0.352 e. The quantitative estimate of drug-likeness (QED) is 0.562. The van der Waals surface area contributed by atoms with E-state index in [1.54, 1.807) is 0 Å². The zero-order chi connectivity index (χ0) is 13.5. The summed E-state index contributed by atoms with van der Waals surface area (Å²) in [5, 5.41) is 2.95. The summed E-state index contributed by atoms with van der Waals surface area (Å²) in [7, 11) is 4.11. The number of hydrogen-bond donors (Lipinski definition) is 1. The summed E-state index contributed by atoms with van der Waals surface area (Å²) in [4.78, 5) is 14.1. The molecule has 3 nitrogen and oxygen atoms in total. The highest BCUT2D eigenvalue weighted by Gasteiger charge is 2.09. The zero-order valence-corrected chi connectivity index (χ0v) is 14.4. The second kappa shape index (κ2) is 8.12. The molecule has 0 aliphatic carbocycles. The summed E-state index contributed by atoms with van der Waals surface area (Å²) in [5.74, 6) is -0.00903. The Morgan fingerprint density at radius 1 is 1.39 bits per heavy atom. The third kappa shape index (κ3) is 5.67. The van der Waals surface area contributed by atoms with Crippen LogP contribution in [0.4, 0.5) is 0 Å². The Bertz CT molecular complexity index is 410. The lowest BCUT2D eigenvalue weighted by molar-refractivity contribution is 0.0952. The van der Waals surface area contributed by atoms with E-state index < -0.39 is 0 Å². The van der Waals surface area contributed by atoms with Gasteiger partial charge in [-0.1, -0.05) is 0 Å². The van der Waals surface area contributed by atoms with E-state index in [0.29, 0.717) is 5.56 Å². The van der Waals surface area contributed by atoms with Crippen molar-refractivity contribution in [3.8, 4) is 0 Å². The highest BCUT2D eigenvalue weighted by atomic mass is 127. The first-order valence-corrected chi connectivity index (χ1v) is 7.76. The second-order valence-corrected chi connectivity index (χ2v) is 6.49. The predicted octanol–water partition coefficient (Wildman–Crippen LogP) is 3.13. The third-order valence-electron chi connectivity index (χ3n) is 2.49. The first kappa shape index (κ1) is 15.9. The summed E-state index contributed by atoms with van der Waals surface area (Å²) in [5.41, 5.74) is 0.703. The Morgan fingerprint density at radius 3 is 2.78 bits per heavy atom. The van der Waals surface area contributed by atoms with Crippen molar-refractivity contribution in [2.24, 2.45) is 0 Å². The second-order valence-electron chi connectivity index (χ2n) is 4.39. The van der Waals surface area contributed by atoms with Crippen LogP contribution in [-0.2, 0) is 0 Å². The van der Waals surface area contributed by atoms with Gasteiger partial charge >= 0.3 is 0 Å². The minimum Gasteiger partial charge on any atom is -0.352 e. The molecule has 0 aliphatic rings. The topological polar surface area (TPSA) is 32.3 Å². The van der Waals surface area contributed by atoms with Crippen molar-refractivity contribution in [1.29, 1.82) is 0 Å². The minimum atomic E-state index is -0.00903. The van der Waals surface area contributed by atoms with Gasteiger partial charge in [0.1, 0.15) is 0 Å². The summed E-state index contributed by atoms with van der Waals surface area (Å²) in [6.45, 7) is 1.79. The molecular weight excluding hydrogens is 407 g/mol. The van der Waals surface area contributed by atoms with Crippen molar-refractivity contribution < 1.29 is 4.79 Å². The fourth-order valence-corrected chi connectivity index (χ4v) is 2.44. The first-order valence-electron chi connectivity index (χ1n) is 5.88. The molecule has 0 fully saturated rings. The maximum Gasteiger partial charge on any atom is 0.252 e. The van der Waals surface area contributed by atoms with Crippen LogP contribution in [0.5, 0.6) is 0 Å². The van der Waals surface area contributed by atoms with Gasteiger partial charge in [0.05, 0.1) is 5.56 Å². The molecule has 1 amide bonds. The molecular formula is C13H18BrIN2O. The van der Waals surface area contributed by atoms with Crippen LogP contribution in [0.2, 0.25) is 0 Å². The standard InChI is InChI=1S/C13H18BrIN2O/c1-17(2)8-4-3-7-16-13(18)11-9-10(15)5-6-12(11)14/h5-6,9H,3-4,7-8H2,1-2H3,(H,16,18). The predicted molar refractivity (Wildman–Crippen MR) is 87.0 cm³/mol. The number of rotatable bonds is 6. The number of nitrogens with zero attached hydrogens (tertiary/aromatic N) is 1. The van der Waals surface area contributed by atoms with Crippen molar-refractivity contribution in [1.82, 2.24) is 10.2 Å². The maximum atomic E-state index is 12.0. The molecule has 1 N–H and O–H groups in total. The number of nitrogens with one attached hydrogen (secondary N) is 1. The minimum absolute atomic E-state index is 0.00903. The molecule has 5 heteroatoms. The van der Waals surface area contributed by atoms with Crippen LogP contribution in [0.3, 0.4) is 0 Å². The average molecular weight is 425 g/mol. The lowest BCUT2D eigenvalue weighted by Crippen LogP contribution is -2.25. The summed E-state index contributed by atoms with van der Waals surface area (Å²) in [6, 6.07) is 5.76. The average Bonchev–Trinajstić information content (AvgIpc) is 2.31.